The minimum absolute atomic E-state index is 0.227. The number of hydrogen-bond donors (Lipinski definition) is 2. The highest BCUT2D eigenvalue weighted by molar-refractivity contribution is 4.85. The summed E-state index contributed by atoms with van der Waals surface area (Å²) in [5.41, 5.74) is 0. The Morgan fingerprint density at radius 3 is 1.91 bits per heavy atom. The van der Waals surface area contributed by atoms with E-state index in [1.807, 2.05) is 0 Å². The van der Waals surface area contributed by atoms with Crippen LogP contribution in [0, 0.1) is 0 Å². The first-order valence-corrected chi connectivity index (χ1v) is 4.31. The van der Waals surface area contributed by atoms with Gasteiger partial charge in [0.05, 0.1) is 13.2 Å². The molecular formula is C8H17NO2. The van der Waals surface area contributed by atoms with E-state index in [0.29, 0.717) is 0 Å². The minimum Gasteiger partial charge on any atom is -0.395 e. The first kappa shape index (κ1) is 8.97. The number of nitrogens with zero attached hydrogens (tertiary/aromatic N) is 1. The van der Waals surface area contributed by atoms with E-state index in [0.717, 1.165) is 19.4 Å². The van der Waals surface area contributed by atoms with E-state index in [4.69, 9.17) is 10.2 Å². The highest BCUT2D eigenvalue weighted by Crippen LogP contribution is 2.22. The van der Waals surface area contributed by atoms with E-state index in [2.05, 4.69) is 11.8 Å². The van der Waals surface area contributed by atoms with Gasteiger partial charge < -0.3 is 10.2 Å². The van der Waals surface area contributed by atoms with Crippen LogP contribution in [0.15, 0.2) is 0 Å². The van der Waals surface area contributed by atoms with Crippen molar-refractivity contribution in [1.82, 2.24) is 4.90 Å². The number of hydrogen-bond acceptors (Lipinski definition) is 3. The molecule has 1 rings (SSSR count). The second kappa shape index (κ2) is 4.04. The molecule has 3 nitrogen and oxygen atoms in total. The van der Waals surface area contributed by atoms with E-state index in [1.165, 1.54) is 0 Å². The third kappa shape index (κ3) is 1.72. The number of likely N-dealkylation sites (tertiary alicyclic amines) is 1. The fourth-order valence-electron chi connectivity index (χ4n) is 1.92. The van der Waals surface area contributed by atoms with Crippen LogP contribution >= 0.6 is 0 Å². The van der Waals surface area contributed by atoms with Crippen molar-refractivity contribution in [2.24, 2.45) is 0 Å². The summed E-state index contributed by atoms with van der Waals surface area (Å²) in [4.78, 5) is 2.18. The second-order valence-corrected chi connectivity index (χ2v) is 3.08. The lowest BCUT2D eigenvalue weighted by Gasteiger charge is -2.26. The lowest BCUT2D eigenvalue weighted by atomic mass is 10.2. The molecule has 0 aliphatic carbocycles. The fraction of sp³-hybridized carbons (Fsp3) is 1.00. The molecule has 1 heterocycles. The Labute approximate surface area is 67.6 Å². The number of aliphatic hydroxyl groups excluding tert-OH is 2. The summed E-state index contributed by atoms with van der Waals surface area (Å²) in [6.45, 7) is 3.45. The largest absolute Gasteiger partial charge is 0.395 e. The van der Waals surface area contributed by atoms with Crippen LogP contribution in [0.2, 0.25) is 0 Å². The van der Waals surface area contributed by atoms with Crippen LogP contribution in [-0.4, -0.2) is 47.0 Å². The Balaban J connectivity index is 2.48. The molecule has 0 unspecified atom stereocenters. The average Bonchev–Trinajstić information content (AvgIpc) is 2.45. The van der Waals surface area contributed by atoms with Crippen LogP contribution in [-0.2, 0) is 0 Å². The molecule has 2 atom stereocenters. The Morgan fingerprint density at radius 2 is 1.64 bits per heavy atom. The predicted octanol–water partition coefficient (Wildman–Crippen LogP) is -0.176. The van der Waals surface area contributed by atoms with E-state index < -0.39 is 0 Å². The van der Waals surface area contributed by atoms with Crippen LogP contribution in [0.25, 0.3) is 0 Å². The lowest BCUT2D eigenvalue weighted by molar-refractivity contribution is 0.102. The van der Waals surface area contributed by atoms with Crippen LogP contribution in [0.3, 0.4) is 0 Å². The Morgan fingerprint density at radius 1 is 1.18 bits per heavy atom. The molecule has 66 valence electrons. The topological polar surface area (TPSA) is 43.7 Å². The summed E-state index contributed by atoms with van der Waals surface area (Å²) in [5, 5.41) is 17.9. The SMILES string of the molecule is CCN1[C@@H](CO)CC[C@@H]1CO. The van der Waals surface area contributed by atoms with Gasteiger partial charge in [-0.1, -0.05) is 6.92 Å². The summed E-state index contributed by atoms with van der Waals surface area (Å²) in [6.07, 6.45) is 2.05. The lowest BCUT2D eigenvalue weighted by Crippen LogP contribution is -2.39. The molecule has 11 heavy (non-hydrogen) atoms. The van der Waals surface area contributed by atoms with Gasteiger partial charge in [0.2, 0.25) is 0 Å². The van der Waals surface area contributed by atoms with Gasteiger partial charge in [-0.25, -0.2) is 0 Å². The normalized spacial score (nSPS) is 33.0. The first-order valence-electron chi connectivity index (χ1n) is 4.31. The minimum atomic E-state index is 0.227. The molecule has 1 saturated heterocycles. The highest BCUT2D eigenvalue weighted by atomic mass is 16.3. The maximum absolute atomic E-state index is 8.96. The molecule has 0 amide bonds. The van der Waals surface area contributed by atoms with E-state index in [-0.39, 0.29) is 25.3 Å². The summed E-state index contributed by atoms with van der Waals surface area (Å²) >= 11 is 0. The van der Waals surface area contributed by atoms with Crippen molar-refractivity contribution < 1.29 is 10.2 Å². The second-order valence-electron chi connectivity index (χ2n) is 3.08. The molecule has 0 spiro atoms. The fourth-order valence-corrected chi connectivity index (χ4v) is 1.92. The Kier molecular flexibility index (Phi) is 3.30. The van der Waals surface area contributed by atoms with Gasteiger partial charge in [0.25, 0.3) is 0 Å². The van der Waals surface area contributed by atoms with Crippen molar-refractivity contribution in [2.45, 2.75) is 31.8 Å². The van der Waals surface area contributed by atoms with E-state index in [1.54, 1.807) is 0 Å². The maximum Gasteiger partial charge on any atom is 0.0587 e. The number of rotatable bonds is 3. The third-order valence-electron chi connectivity index (χ3n) is 2.56. The Bertz CT molecular complexity index is 107. The van der Waals surface area contributed by atoms with Gasteiger partial charge in [0, 0.05) is 12.1 Å². The molecule has 0 bridgehead atoms. The summed E-state index contributed by atoms with van der Waals surface area (Å²) in [5.74, 6) is 0. The molecule has 1 aliphatic rings. The zero-order chi connectivity index (χ0) is 8.27. The molecule has 0 radical (unpaired) electrons. The summed E-state index contributed by atoms with van der Waals surface area (Å²) in [7, 11) is 0. The monoisotopic (exact) mass is 159 g/mol. The van der Waals surface area contributed by atoms with E-state index >= 15 is 0 Å². The standard InChI is InChI=1S/C8H17NO2/c1-2-9-7(5-10)3-4-8(9)6-11/h7-8,10-11H,2-6H2,1H3/t7-,8-/m1/s1. The van der Waals surface area contributed by atoms with Crippen molar-refractivity contribution in [3.05, 3.63) is 0 Å². The van der Waals surface area contributed by atoms with Crippen molar-refractivity contribution in [3.63, 3.8) is 0 Å². The predicted molar refractivity (Wildman–Crippen MR) is 43.4 cm³/mol. The van der Waals surface area contributed by atoms with Gasteiger partial charge in [0.1, 0.15) is 0 Å². The van der Waals surface area contributed by atoms with Crippen molar-refractivity contribution in [2.75, 3.05) is 19.8 Å². The van der Waals surface area contributed by atoms with Crippen molar-refractivity contribution in [1.29, 1.82) is 0 Å². The van der Waals surface area contributed by atoms with Gasteiger partial charge in [-0.05, 0) is 19.4 Å². The summed E-state index contributed by atoms with van der Waals surface area (Å²) in [6, 6.07) is 0.578. The van der Waals surface area contributed by atoms with Crippen LogP contribution in [0.4, 0.5) is 0 Å². The zero-order valence-electron chi connectivity index (χ0n) is 7.03. The quantitative estimate of drug-likeness (QED) is 0.600. The first-order chi connectivity index (χ1) is 5.33. The maximum atomic E-state index is 8.96. The van der Waals surface area contributed by atoms with Gasteiger partial charge in [-0.3, -0.25) is 4.90 Å². The molecule has 2 N–H and O–H groups in total. The molecule has 0 aromatic heterocycles. The van der Waals surface area contributed by atoms with Gasteiger partial charge in [0.15, 0.2) is 0 Å². The van der Waals surface area contributed by atoms with E-state index in [9.17, 15) is 0 Å². The molecule has 1 aliphatic heterocycles. The van der Waals surface area contributed by atoms with Crippen LogP contribution in [0.5, 0.6) is 0 Å². The van der Waals surface area contributed by atoms with Gasteiger partial charge in [-0.2, -0.15) is 0 Å². The molecule has 0 saturated carbocycles. The molecule has 1 fully saturated rings. The average molecular weight is 159 g/mol. The van der Waals surface area contributed by atoms with Crippen LogP contribution in [0.1, 0.15) is 19.8 Å². The number of aliphatic hydroxyl groups is 2. The molecule has 3 heteroatoms. The third-order valence-corrected chi connectivity index (χ3v) is 2.56. The van der Waals surface area contributed by atoms with Crippen LogP contribution < -0.4 is 0 Å². The Hall–Kier alpha value is -0.120. The molecular weight excluding hydrogens is 142 g/mol. The molecule has 0 aromatic carbocycles. The number of likely N-dealkylation sites (N-methyl/N-ethyl adjacent to an activating group) is 1. The van der Waals surface area contributed by atoms with Gasteiger partial charge in [-0.15, -0.1) is 0 Å². The molecule has 0 aromatic rings. The highest BCUT2D eigenvalue weighted by Gasteiger charge is 2.30. The van der Waals surface area contributed by atoms with Crippen molar-refractivity contribution >= 4 is 0 Å². The smallest absolute Gasteiger partial charge is 0.0587 e. The summed E-state index contributed by atoms with van der Waals surface area (Å²) < 4.78 is 0. The zero-order valence-corrected chi connectivity index (χ0v) is 7.03. The van der Waals surface area contributed by atoms with Gasteiger partial charge >= 0.3 is 0 Å². The van der Waals surface area contributed by atoms with Crippen molar-refractivity contribution in [3.8, 4) is 0 Å².